The van der Waals surface area contributed by atoms with Crippen LogP contribution in [0.5, 0.6) is 17.4 Å². The van der Waals surface area contributed by atoms with E-state index in [0.717, 1.165) is 6.42 Å². The Morgan fingerprint density at radius 2 is 1.90 bits per heavy atom. The Hall–Kier alpha value is -2.59. The number of methoxy groups -OCH3 is 2. The fourth-order valence-corrected chi connectivity index (χ4v) is 4.86. The minimum Gasteiger partial charge on any atom is -0.497 e. The van der Waals surface area contributed by atoms with Gasteiger partial charge < -0.3 is 19.1 Å². The second-order valence-electron chi connectivity index (χ2n) is 6.84. The average Bonchev–Trinajstić information content (AvgIpc) is 2.73. The van der Waals surface area contributed by atoms with Crippen molar-refractivity contribution in [2.45, 2.75) is 23.8 Å². The topological polar surface area (TPSA) is 94.1 Å². The van der Waals surface area contributed by atoms with E-state index in [1.165, 1.54) is 24.6 Å². The number of benzene rings is 1. The summed E-state index contributed by atoms with van der Waals surface area (Å²) >= 11 is 0. The summed E-state index contributed by atoms with van der Waals surface area (Å²) in [6, 6.07) is 4.67. The molecule has 2 heterocycles. The SMILES string of the molecule is COc1ccc(S(=O)(=O)N2CCCC(Oc3nccnc3N(C)C)C2)c(OC)c1. The van der Waals surface area contributed by atoms with E-state index in [2.05, 4.69) is 9.97 Å². The van der Waals surface area contributed by atoms with Crippen molar-refractivity contribution in [3.63, 3.8) is 0 Å². The number of rotatable bonds is 7. The molecule has 158 valence electrons. The molecular formula is C19H26N4O5S. The number of hydrogen-bond donors (Lipinski definition) is 0. The molecular weight excluding hydrogens is 396 g/mol. The van der Waals surface area contributed by atoms with Crippen LogP contribution < -0.4 is 19.1 Å². The van der Waals surface area contributed by atoms with Crippen molar-refractivity contribution < 1.29 is 22.6 Å². The Morgan fingerprint density at radius 3 is 2.59 bits per heavy atom. The first kappa shape index (κ1) is 21.1. The van der Waals surface area contributed by atoms with Crippen LogP contribution in [0, 0.1) is 0 Å². The smallest absolute Gasteiger partial charge is 0.257 e. The Labute approximate surface area is 171 Å². The Bertz CT molecular complexity index is 951. The first-order valence-electron chi connectivity index (χ1n) is 9.24. The van der Waals surface area contributed by atoms with Crippen molar-refractivity contribution in [2.24, 2.45) is 0 Å². The fourth-order valence-electron chi connectivity index (χ4n) is 3.21. The van der Waals surface area contributed by atoms with E-state index in [1.54, 1.807) is 24.5 Å². The zero-order chi connectivity index (χ0) is 21.0. The highest BCUT2D eigenvalue weighted by atomic mass is 32.2. The van der Waals surface area contributed by atoms with Crippen LogP contribution in [0.1, 0.15) is 12.8 Å². The lowest BCUT2D eigenvalue weighted by atomic mass is 10.1. The highest BCUT2D eigenvalue weighted by Gasteiger charge is 2.33. The number of piperidine rings is 1. The first-order chi connectivity index (χ1) is 13.9. The average molecular weight is 423 g/mol. The maximum atomic E-state index is 13.3. The minimum atomic E-state index is -3.76. The summed E-state index contributed by atoms with van der Waals surface area (Å²) in [4.78, 5) is 10.4. The largest absolute Gasteiger partial charge is 0.497 e. The van der Waals surface area contributed by atoms with Gasteiger partial charge in [-0.25, -0.2) is 18.4 Å². The number of hydrogen-bond acceptors (Lipinski definition) is 8. The van der Waals surface area contributed by atoms with Crippen molar-refractivity contribution in [3.05, 3.63) is 30.6 Å². The molecule has 1 aliphatic heterocycles. The molecule has 0 amide bonds. The Balaban J connectivity index is 1.82. The maximum absolute atomic E-state index is 13.3. The van der Waals surface area contributed by atoms with E-state index < -0.39 is 10.0 Å². The Morgan fingerprint density at radius 1 is 1.14 bits per heavy atom. The van der Waals surface area contributed by atoms with Gasteiger partial charge in [0.25, 0.3) is 5.88 Å². The van der Waals surface area contributed by atoms with Crippen LogP contribution in [-0.4, -0.2) is 70.2 Å². The van der Waals surface area contributed by atoms with Crippen molar-refractivity contribution in [3.8, 4) is 17.4 Å². The number of nitrogens with zero attached hydrogens (tertiary/aromatic N) is 4. The molecule has 10 heteroatoms. The molecule has 1 fully saturated rings. The van der Waals surface area contributed by atoms with Crippen molar-refractivity contribution in [1.29, 1.82) is 0 Å². The molecule has 0 saturated carbocycles. The summed E-state index contributed by atoms with van der Waals surface area (Å²) < 4.78 is 44.4. The molecule has 1 aromatic heterocycles. The lowest BCUT2D eigenvalue weighted by Crippen LogP contribution is -2.44. The molecule has 1 aromatic carbocycles. The van der Waals surface area contributed by atoms with Crippen LogP contribution >= 0.6 is 0 Å². The molecule has 0 bridgehead atoms. The minimum absolute atomic E-state index is 0.106. The highest BCUT2D eigenvalue weighted by Crippen LogP contribution is 2.32. The maximum Gasteiger partial charge on any atom is 0.257 e. The summed E-state index contributed by atoms with van der Waals surface area (Å²) in [5, 5.41) is 0. The van der Waals surface area contributed by atoms with E-state index in [0.29, 0.717) is 30.4 Å². The van der Waals surface area contributed by atoms with Gasteiger partial charge in [0.15, 0.2) is 5.82 Å². The van der Waals surface area contributed by atoms with Gasteiger partial charge in [0, 0.05) is 39.1 Å². The predicted octanol–water partition coefficient (Wildman–Crippen LogP) is 1.79. The third-order valence-electron chi connectivity index (χ3n) is 4.68. The molecule has 0 radical (unpaired) electrons. The van der Waals surface area contributed by atoms with Gasteiger partial charge in [0.1, 0.15) is 22.5 Å². The van der Waals surface area contributed by atoms with Gasteiger partial charge >= 0.3 is 0 Å². The van der Waals surface area contributed by atoms with E-state index >= 15 is 0 Å². The molecule has 0 aliphatic carbocycles. The van der Waals surface area contributed by atoms with Gasteiger partial charge in [0.2, 0.25) is 10.0 Å². The molecule has 3 rings (SSSR count). The number of sulfonamides is 1. The zero-order valence-corrected chi connectivity index (χ0v) is 17.8. The highest BCUT2D eigenvalue weighted by molar-refractivity contribution is 7.89. The summed E-state index contributed by atoms with van der Waals surface area (Å²) in [7, 11) is 2.90. The van der Waals surface area contributed by atoms with E-state index in [-0.39, 0.29) is 23.3 Å². The van der Waals surface area contributed by atoms with Crippen LogP contribution in [0.25, 0.3) is 0 Å². The molecule has 2 aromatic rings. The summed E-state index contributed by atoms with van der Waals surface area (Å²) in [5.41, 5.74) is 0. The van der Waals surface area contributed by atoms with E-state index in [1.807, 2.05) is 19.0 Å². The van der Waals surface area contributed by atoms with Gasteiger partial charge in [-0.15, -0.1) is 0 Å². The van der Waals surface area contributed by atoms with Gasteiger partial charge in [0.05, 0.1) is 20.8 Å². The Kier molecular flexibility index (Phi) is 6.43. The molecule has 1 unspecified atom stereocenters. The van der Waals surface area contributed by atoms with Crippen molar-refractivity contribution in [2.75, 3.05) is 46.3 Å². The van der Waals surface area contributed by atoms with Crippen LogP contribution in [0.15, 0.2) is 35.5 Å². The van der Waals surface area contributed by atoms with Crippen molar-refractivity contribution >= 4 is 15.8 Å². The van der Waals surface area contributed by atoms with E-state index in [4.69, 9.17) is 14.2 Å². The normalized spacial score (nSPS) is 17.6. The predicted molar refractivity (Wildman–Crippen MR) is 108 cm³/mol. The number of aromatic nitrogens is 2. The second-order valence-corrected chi connectivity index (χ2v) is 8.75. The van der Waals surface area contributed by atoms with Gasteiger partial charge in [-0.2, -0.15) is 4.31 Å². The summed E-state index contributed by atoms with van der Waals surface area (Å²) in [5.74, 6) is 1.77. The number of anilines is 1. The molecule has 1 atom stereocenters. The molecule has 9 nitrogen and oxygen atoms in total. The standard InChI is InChI=1S/C19H26N4O5S/c1-22(2)18-19(21-10-9-20-18)28-15-6-5-11-23(13-15)29(24,25)17-8-7-14(26-3)12-16(17)27-4/h7-10,12,15H,5-6,11,13H2,1-4H3. The van der Waals surface area contributed by atoms with Crippen LogP contribution in [-0.2, 0) is 10.0 Å². The van der Waals surface area contributed by atoms with Gasteiger partial charge in [-0.05, 0) is 25.0 Å². The lowest BCUT2D eigenvalue weighted by molar-refractivity contribution is 0.124. The lowest BCUT2D eigenvalue weighted by Gasteiger charge is -2.32. The molecule has 0 N–H and O–H groups in total. The van der Waals surface area contributed by atoms with Crippen LogP contribution in [0.2, 0.25) is 0 Å². The first-order valence-corrected chi connectivity index (χ1v) is 10.7. The third kappa shape index (κ3) is 4.54. The molecule has 1 aliphatic rings. The summed E-state index contributed by atoms with van der Waals surface area (Å²) in [6.07, 6.45) is 4.24. The molecule has 29 heavy (non-hydrogen) atoms. The van der Waals surface area contributed by atoms with Gasteiger partial charge in [-0.1, -0.05) is 0 Å². The van der Waals surface area contributed by atoms with Crippen LogP contribution in [0.3, 0.4) is 0 Å². The van der Waals surface area contributed by atoms with Gasteiger partial charge in [-0.3, -0.25) is 0 Å². The zero-order valence-electron chi connectivity index (χ0n) is 17.0. The monoisotopic (exact) mass is 422 g/mol. The van der Waals surface area contributed by atoms with E-state index in [9.17, 15) is 8.42 Å². The third-order valence-corrected chi connectivity index (χ3v) is 6.58. The van der Waals surface area contributed by atoms with Crippen molar-refractivity contribution in [1.82, 2.24) is 14.3 Å². The molecule has 0 spiro atoms. The fraction of sp³-hybridized carbons (Fsp3) is 0.474. The number of ether oxygens (including phenoxy) is 3. The molecule has 1 saturated heterocycles. The van der Waals surface area contributed by atoms with Crippen LogP contribution in [0.4, 0.5) is 5.82 Å². The quantitative estimate of drug-likeness (QED) is 0.667. The second kappa shape index (κ2) is 8.83. The summed E-state index contributed by atoms with van der Waals surface area (Å²) in [6.45, 7) is 0.638.